The lowest BCUT2D eigenvalue weighted by molar-refractivity contribution is -0.168. The minimum Gasteiger partial charge on any atom is -0.333 e. The molecule has 2 amide bonds. The largest absolute Gasteiger partial charge is 0.333 e. The van der Waals surface area contributed by atoms with Crippen molar-refractivity contribution in [3.8, 4) is 0 Å². The molecule has 8 nitrogen and oxygen atoms in total. The number of likely N-dealkylation sites (tertiary alicyclic amines) is 1. The number of carbonyl (C=O) groups excluding carboxylic acids is 2. The van der Waals surface area contributed by atoms with Crippen molar-refractivity contribution in [2.24, 2.45) is 0 Å². The number of carbonyl (C=O) groups is 2. The van der Waals surface area contributed by atoms with Gasteiger partial charge in [0.1, 0.15) is 12.1 Å². The summed E-state index contributed by atoms with van der Waals surface area (Å²) in [5, 5.41) is 4.06. The number of nitrogens with zero attached hydrogens (tertiary/aromatic N) is 3. The molecule has 2 aromatic rings. The summed E-state index contributed by atoms with van der Waals surface area (Å²) in [6.07, 6.45) is 3.64. The number of rotatable bonds is 6. The first kappa shape index (κ1) is 27.3. The second-order valence-corrected chi connectivity index (χ2v) is 14.2. The van der Waals surface area contributed by atoms with E-state index in [2.05, 4.69) is 10.2 Å². The van der Waals surface area contributed by atoms with Crippen molar-refractivity contribution in [1.82, 2.24) is 20.0 Å². The van der Waals surface area contributed by atoms with Gasteiger partial charge in [0.15, 0.2) is 0 Å². The van der Waals surface area contributed by atoms with Crippen LogP contribution in [0.15, 0.2) is 47.4 Å². The fourth-order valence-corrected chi connectivity index (χ4v) is 9.11. The zero-order chi connectivity index (χ0) is 27.5. The van der Waals surface area contributed by atoms with Gasteiger partial charge in [0.05, 0.1) is 16.5 Å². The maximum absolute atomic E-state index is 14.6. The normalized spacial score (nSPS) is 28.2. The Morgan fingerprint density at radius 3 is 2.33 bits per heavy atom. The van der Waals surface area contributed by atoms with E-state index in [0.717, 1.165) is 44.3 Å². The third-order valence-electron chi connectivity index (χ3n) is 8.26. The number of hydrogen-bond acceptors (Lipinski definition) is 6. The van der Waals surface area contributed by atoms with Gasteiger partial charge in [0, 0.05) is 29.1 Å². The van der Waals surface area contributed by atoms with E-state index in [4.69, 9.17) is 34.8 Å². The van der Waals surface area contributed by atoms with Crippen molar-refractivity contribution in [2.45, 2.75) is 60.1 Å². The molecule has 4 aliphatic rings. The van der Waals surface area contributed by atoms with Gasteiger partial charge in [-0.25, -0.2) is 8.42 Å². The molecule has 0 aromatic heterocycles. The number of piperazine rings is 1. The van der Waals surface area contributed by atoms with E-state index in [1.807, 2.05) is 6.07 Å². The van der Waals surface area contributed by atoms with Gasteiger partial charge >= 0.3 is 0 Å². The molecule has 208 valence electrons. The van der Waals surface area contributed by atoms with Crippen LogP contribution in [0.2, 0.25) is 15.1 Å². The molecule has 12 heteroatoms. The number of amides is 2. The monoisotopic (exact) mass is 610 g/mol. The highest BCUT2D eigenvalue weighted by atomic mass is 35.5. The number of halogens is 3. The third kappa shape index (κ3) is 4.65. The Balaban J connectivity index is 1.51. The molecular formula is C27H29Cl3N4O4S. The first-order valence-electron chi connectivity index (χ1n) is 13.2. The molecule has 3 heterocycles. The Kier molecular flexibility index (Phi) is 7.13. The van der Waals surface area contributed by atoms with Crippen LogP contribution in [0.3, 0.4) is 0 Å². The van der Waals surface area contributed by atoms with Crippen molar-refractivity contribution in [3.63, 3.8) is 0 Å². The summed E-state index contributed by atoms with van der Waals surface area (Å²) in [4.78, 5) is 31.5. The first-order chi connectivity index (χ1) is 18.6. The van der Waals surface area contributed by atoms with Crippen LogP contribution in [-0.4, -0.2) is 84.2 Å². The summed E-state index contributed by atoms with van der Waals surface area (Å²) in [6.45, 7) is 1.46. The molecule has 6 rings (SSSR count). The molecule has 0 radical (unpaired) electrons. The minimum absolute atomic E-state index is 0.0333. The van der Waals surface area contributed by atoms with Crippen LogP contribution in [0.1, 0.15) is 31.2 Å². The molecular weight excluding hydrogens is 583 g/mol. The summed E-state index contributed by atoms with van der Waals surface area (Å²) in [7, 11) is -4.34. The topological polar surface area (TPSA) is 90.0 Å². The first-order valence-corrected chi connectivity index (χ1v) is 15.8. The summed E-state index contributed by atoms with van der Waals surface area (Å²) < 4.78 is 29.3. The number of benzene rings is 2. The zero-order valence-corrected chi connectivity index (χ0v) is 24.2. The van der Waals surface area contributed by atoms with E-state index in [1.54, 1.807) is 23.1 Å². The Morgan fingerprint density at radius 2 is 1.67 bits per heavy atom. The molecule has 3 unspecified atom stereocenters. The standard InChI is InChI=1S/C27H29Cl3N4O4S/c28-18-5-3-4-17(12-18)13-22-25(35)33(20-7-8-20)16-27(39(37,38)24-9-6-19(29)14-21(24)30)31-15-23(26(36)34(22)27)32-10-1-2-11-32/h3-6,9,12,14,20,22-23,31H,1-2,7-8,10-11,13,15-16H2. The smallest absolute Gasteiger partial charge is 0.246 e. The zero-order valence-electron chi connectivity index (χ0n) is 21.2. The quantitative estimate of drug-likeness (QED) is 0.537. The van der Waals surface area contributed by atoms with Crippen molar-refractivity contribution in [3.05, 3.63) is 63.1 Å². The number of hydrogen-bond donors (Lipinski definition) is 1. The van der Waals surface area contributed by atoms with Crippen molar-refractivity contribution < 1.29 is 18.0 Å². The molecule has 1 N–H and O–H groups in total. The second kappa shape index (κ2) is 10.2. The predicted molar refractivity (Wildman–Crippen MR) is 150 cm³/mol. The van der Waals surface area contributed by atoms with Crippen LogP contribution >= 0.6 is 34.8 Å². The summed E-state index contributed by atoms with van der Waals surface area (Å²) in [6, 6.07) is 9.64. The van der Waals surface area contributed by atoms with Crippen molar-refractivity contribution >= 4 is 56.5 Å². The van der Waals surface area contributed by atoms with Gasteiger partial charge in [0.25, 0.3) is 0 Å². The fraction of sp³-hybridized carbons (Fsp3) is 0.481. The van der Waals surface area contributed by atoms with Gasteiger partial charge < -0.3 is 4.90 Å². The number of sulfone groups is 1. The number of fused-ring (bicyclic) bond motifs is 1. The lowest BCUT2D eigenvalue weighted by atomic mass is 9.96. The molecule has 39 heavy (non-hydrogen) atoms. The molecule has 1 aliphatic carbocycles. The van der Waals surface area contributed by atoms with Gasteiger partial charge in [-0.1, -0.05) is 46.9 Å². The summed E-state index contributed by atoms with van der Waals surface area (Å²) >= 11 is 18.8. The highest BCUT2D eigenvalue weighted by Crippen LogP contribution is 2.43. The van der Waals surface area contributed by atoms with Crippen LogP contribution in [-0.2, 0) is 25.8 Å². The molecule has 2 aromatic carbocycles. The lowest BCUT2D eigenvalue weighted by Gasteiger charge is -2.57. The van der Waals surface area contributed by atoms with E-state index >= 15 is 0 Å². The molecule has 0 bridgehead atoms. The van der Waals surface area contributed by atoms with Crippen molar-refractivity contribution in [1.29, 1.82) is 0 Å². The highest BCUT2D eigenvalue weighted by molar-refractivity contribution is 7.93. The highest BCUT2D eigenvalue weighted by Gasteiger charge is 2.65. The molecule has 3 atom stereocenters. The Labute approximate surface area is 243 Å². The fourth-order valence-electron chi connectivity index (χ4n) is 6.20. The van der Waals surface area contributed by atoms with Crippen LogP contribution in [0.25, 0.3) is 0 Å². The van der Waals surface area contributed by atoms with Gasteiger partial charge in [-0.3, -0.25) is 24.7 Å². The van der Waals surface area contributed by atoms with Crippen LogP contribution in [0.5, 0.6) is 0 Å². The average molecular weight is 612 g/mol. The lowest BCUT2D eigenvalue weighted by Crippen LogP contribution is -2.83. The Bertz CT molecular complexity index is 1430. The molecule has 3 saturated heterocycles. The van der Waals surface area contributed by atoms with Gasteiger partial charge in [-0.2, -0.15) is 0 Å². The maximum atomic E-state index is 14.6. The van der Waals surface area contributed by atoms with Crippen molar-refractivity contribution in [2.75, 3.05) is 26.2 Å². The predicted octanol–water partition coefficient (Wildman–Crippen LogP) is 3.59. The van der Waals surface area contributed by atoms with Crippen LogP contribution in [0, 0.1) is 0 Å². The number of nitrogens with one attached hydrogen (secondary N) is 1. The average Bonchev–Trinajstić information content (AvgIpc) is 3.59. The minimum atomic E-state index is -4.34. The van der Waals surface area contributed by atoms with Gasteiger partial charge in [-0.15, -0.1) is 0 Å². The SMILES string of the molecule is O=C1C(Cc2cccc(Cl)c2)N2C(=O)C(N3CCCC3)CNC2(S(=O)(=O)c2ccc(Cl)cc2Cl)CN1C1CC1. The summed E-state index contributed by atoms with van der Waals surface area (Å²) in [5.74, 6) is -0.608. The molecule has 0 spiro atoms. The Morgan fingerprint density at radius 1 is 0.949 bits per heavy atom. The Hall–Kier alpha value is -1.88. The van der Waals surface area contributed by atoms with Crippen LogP contribution < -0.4 is 5.32 Å². The van der Waals surface area contributed by atoms with E-state index in [9.17, 15) is 18.0 Å². The molecule has 4 fully saturated rings. The van der Waals surface area contributed by atoms with Gasteiger partial charge in [0.2, 0.25) is 26.6 Å². The van der Waals surface area contributed by atoms with Crippen LogP contribution in [0.4, 0.5) is 0 Å². The second-order valence-electron chi connectivity index (χ2n) is 10.8. The maximum Gasteiger partial charge on any atom is 0.246 e. The summed E-state index contributed by atoms with van der Waals surface area (Å²) in [5.41, 5.74) is 0.741. The van der Waals surface area contributed by atoms with E-state index in [1.165, 1.54) is 23.1 Å². The third-order valence-corrected chi connectivity index (χ3v) is 11.5. The van der Waals surface area contributed by atoms with E-state index in [-0.39, 0.29) is 47.3 Å². The van der Waals surface area contributed by atoms with E-state index in [0.29, 0.717) is 10.0 Å². The molecule has 3 aliphatic heterocycles. The van der Waals surface area contributed by atoms with Gasteiger partial charge in [-0.05, 0) is 74.7 Å². The molecule has 1 saturated carbocycles. The van der Waals surface area contributed by atoms with E-state index < -0.39 is 26.9 Å².